The summed E-state index contributed by atoms with van der Waals surface area (Å²) in [7, 11) is 1.56. The number of amides is 1. The summed E-state index contributed by atoms with van der Waals surface area (Å²) in [5.41, 5.74) is 1.24. The molecule has 1 aliphatic rings. The van der Waals surface area contributed by atoms with E-state index in [1.807, 2.05) is 42.2 Å². The minimum Gasteiger partial charge on any atom is -0.493 e. The zero-order chi connectivity index (χ0) is 16.9. The van der Waals surface area contributed by atoms with E-state index < -0.39 is 0 Å². The summed E-state index contributed by atoms with van der Waals surface area (Å²) in [6.07, 6.45) is 2.74. The summed E-state index contributed by atoms with van der Waals surface area (Å²) >= 11 is 0. The third-order valence-corrected chi connectivity index (χ3v) is 4.30. The number of hydrogen-bond donors (Lipinski definition) is 0. The van der Waals surface area contributed by atoms with Crippen molar-refractivity contribution in [2.24, 2.45) is 5.92 Å². The molecule has 0 aliphatic carbocycles. The Hall–Kier alpha value is -2.34. The van der Waals surface area contributed by atoms with Gasteiger partial charge in [-0.05, 0) is 25.5 Å². The molecule has 1 atom stereocenters. The van der Waals surface area contributed by atoms with Crippen LogP contribution in [0.5, 0.6) is 5.75 Å². The lowest BCUT2D eigenvalue weighted by molar-refractivity contribution is 0.0721. The average molecular weight is 329 g/mol. The highest BCUT2D eigenvalue weighted by atomic mass is 16.5. The van der Waals surface area contributed by atoms with Gasteiger partial charge in [-0.25, -0.2) is 4.68 Å². The lowest BCUT2D eigenvalue weighted by Crippen LogP contribution is -2.36. The molecule has 1 fully saturated rings. The van der Waals surface area contributed by atoms with E-state index in [1.54, 1.807) is 18.0 Å². The van der Waals surface area contributed by atoms with Gasteiger partial charge in [0.1, 0.15) is 0 Å². The lowest BCUT2D eigenvalue weighted by Gasteiger charge is -2.23. The first-order valence-corrected chi connectivity index (χ1v) is 8.29. The first-order chi connectivity index (χ1) is 11.7. The summed E-state index contributed by atoms with van der Waals surface area (Å²) in [5, 5.41) is 4.46. The largest absolute Gasteiger partial charge is 0.493 e. The van der Waals surface area contributed by atoms with Crippen LogP contribution in [-0.4, -0.2) is 54.0 Å². The molecule has 0 bridgehead atoms. The number of nitrogens with zero attached hydrogens (tertiary/aromatic N) is 3. The van der Waals surface area contributed by atoms with Crippen molar-refractivity contribution in [2.75, 3.05) is 33.4 Å². The molecule has 0 unspecified atom stereocenters. The second kappa shape index (κ2) is 7.49. The van der Waals surface area contributed by atoms with E-state index in [9.17, 15) is 4.79 Å². The van der Waals surface area contributed by atoms with E-state index in [0.717, 1.165) is 25.3 Å². The van der Waals surface area contributed by atoms with Gasteiger partial charge < -0.3 is 14.4 Å². The van der Waals surface area contributed by atoms with E-state index in [-0.39, 0.29) is 5.91 Å². The number of methoxy groups -OCH3 is 1. The van der Waals surface area contributed by atoms with Gasteiger partial charge in [0.05, 0.1) is 25.6 Å². The van der Waals surface area contributed by atoms with E-state index in [0.29, 0.717) is 30.5 Å². The molecule has 24 heavy (non-hydrogen) atoms. The molecule has 2 aromatic rings. The maximum Gasteiger partial charge on any atom is 0.278 e. The van der Waals surface area contributed by atoms with Crippen LogP contribution in [0.2, 0.25) is 0 Å². The second-order valence-electron chi connectivity index (χ2n) is 5.90. The van der Waals surface area contributed by atoms with Crippen LogP contribution in [0.3, 0.4) is 0 Å². The van der Waals surface area contributed by atoms with Crippen molar-refractivity contribution in [3.05, 3.63) is 42.2 Å². The maximum absolute atomic E-state index is 12.9. The normalized spacial score (nSPS) is 17.0. The summed E-state index contributed by atoms with van der Waals surface area (Å²) in [6.45, 7) is 4.81. The van der Waals surface area contributed by atoms with Crippen LogP contribution >= 0.6 is 0 Å². The fourth-order valence-corrected chi connectivity index (χ4v) is 2.91. The van der Waals surface area contributed by atoms with E-state index in [2.05, 4.69) is 5.10 Å². The molecule has 1 amide bonds. The van der Waals surface area contributed by atoms with Gasteiger partial charge in [0, 0.05) is 25.6 Å². The topological polar surface area (TPSA) is 56.6 Å². The third-order valence-electron chi connectivity index (χ3n) is 4.30. The minimum absolute atomic E-state index is 0.101. The Morgan fingerprint density at radius 2 is 2.21 bits per heavy atom. The average Bonchev–Trinajstić information content (AvgIpc) is 3.29. The van der Waals surface area contributed by atoms with Gasteiger partial charge in [0.15, 0.2) is 11.4 Å². The molecule has 6 nitrogen and oxygen atoms in total. The standard InChI is InChI=1S/C18H23N3O3/c1-3-20(11-14-9-10-24-13-14)18(22)17-16(23-2)12-21(19-17)15-7-5-4-6-8-15/h4-8,12,14H,3,9-11,13H2,1-2H3/t14-/m1/s1. The Kier molecular flexibility index (Phi) is 5.15. The molecule has 6 heteroatoms. The van der Waals surface area contributed by atoms with Crippen LogP contribution in [0.1, 0.15) is 23.8 Å². The molecule has 2 heterocycles. The van der Waals surface area contributed by atoms with E-state index in [4.69, 9.17) is 9.47 Å². The van der Waals surface area contributed by atoms with Crippen molar-refractivity contribution in [3.8, 4) is 11.4 Å². The molecule has 1 aromatic carbocycles. The summed E-state index contributed by atoms with van der Waals surface area (Å²) < 4.78 is 12.5. The van der Waals surface area contributed by atoms with Gasteiger partial charge in [0.2, 0.25) is 0 Å². The summed E-state index contributed by atoms with van der Waals surface area (Å²) in [5.74, 6) is 0.789. The highest BCUT2D eigenvalue weighted by Crippen LogP contribution is 2.22. The van der Waals surface area contributed by atoms with Crippen molar-refractivity contribution in [1.82, 2.24) is 14.7 Å². The van der Waals surface area contributed by atoms with E-state index >= 15 is 0 Å². The molecular formula is C18H23N3O3. The van der Waals surface area contributed by atoms with Gasteiger partial charge in [-0.2, -0.15) is 5.10 Å². The van der Waals surface area contributed by atoms with Crippen molar-refractivity contribution >= 4 is 5.91 Å². The van der Waals surface area contributed by atoms with Crippen LogP contribution in [0, 0.1) is 5.92 Å². The van der Waals surface area contributed by atoms with E-state index in [1.165, 1.54) is 0 Å². The highest BCUT2D eigenvalue weighted by molar-refractivity contribution is 5.95. The molecular weight excluding hydrogens is 306 g/mol. The van der Waals surface area contributed by atoms with Gasteiger partial charge in [0.25, 0.3) is 5.91 Å². The Morgan fingerprint density at radius 1 is 1.42 bits per heavy atom. The zero-order valence-corrected chi connectivity index (χ0v) is 14.1. The molecule has 3 rings (SSSR count). The predicted octanol–water partition coefficient (Wildman–Crippen LogP) is 2.38. The van der Waals surface area contributed by atoms with Crippen LogP contribution < -0.4 is 4.74 Å². The SMILES string of the molecule is CCN(C[C@H]1CCOC1)C(=O)c1nn(-c2ccccc2)cc1OC. The molecule has 0 N–H and O–H groups in total. The fourth-order valence-electron chi connectivity index (χ4n) is 2.91. The molecule has 1 saturated heterocycles. The summed E-state index contributed by atoms with van der Waals surface area (Å²) in [4.78, 5) is 14.7. The Balaban J connectivity index is 1.83. The molecule has 1 aliphatic heterocycles. The fraction of sp³-hybridized carbons (Fsp3) is 0.444. The van der Waals surface area contributed by atoms with Crippen LogP contribution in [0.15, 0.2) is 36.5 Å². The molecule has 0 spiro atoms. The molecule has 1 aromatic heterocycles. The van der Waals surface area contributed by atoms with Crippen molar-refractivity contribution < 1.29 is 14.3 Å². The minimum atomic E-state index is -0.101. The number of benzene rings is 1. The van der Waals surface area contributed by atoms with Crippen LogP contribution in [-0.2, 0) is 4.74 Å². The maximum atomic E-state index is 12.9. The van der Waals surface area contributed by atoms with Crippen molar-refractivity contribution in [2.45, 2.75) is 13.3 Å². The van der Waals surface area contributed by atoms with Gasteiger partial charge in [-0.3, -0.25) is 4.79 Å². The number of para-hydroxylation sites is 1. The Morgan fingerprint density at radius 3 is 2.83 bits per heavy atom. The molecule has 128 valence electrons. The number of hydrogen-bond acceptors (Lipinski definition) is 4. The smallest absolute Gasteiger partial charge is 0.278 e. The second-order valence-corrected chi connectivity index (χ2v) is 5.90. The lowest BCUT2D eigenvalue weighted by atomic mass is 10.1. The van der Waals surface area contributed by atoms with Gasteiger partial charge >= 0.3 is 0 Å². The Labute approximate surface area is 142 Å². The highest BCUT2D eigenvalue weighted by Gasteiger charge is 2.26. The number of rotatable bonds is 6. The number of ether oxygens (including phenoxy) is 2. The van der Waals surface area contributed by atoms with Crippen molar-refractivity contribution in [1.29, 1.82) is 0 Å². The monoisotopic (exact) mass is 329 g/mol. The first kappa shape index (κ1) is 16.5. The van der Waals surface area contributed by atoms with Gasteiger partial charge in [-0.1, -0.05) is 18.2 Å². The van der Waals surface area contributed by atoms with Crippen LogP contribution in [0.25, 0.3) is 5.69 Å². The summed E-state index contributed by atoms with van der Waals surface area (Å²) in [6, 6.07) is 9.69. The number of carbonyl (C=O) groups is 1. The Bertz CT molecular complexity index is 678. The molecule has 0 radical (unpaired) electrons. The number of aromatic nitrogens is 2. The zero-order valence-electron chi connectivity index (χ0n) is 14.1. The van der Waals surface area contributed by atoms with Crippen LogP contribution in [0.4, 0.5) is 0 Å². The first-order valence-electron chi connectivity index (χ1n) is 8.29. The van der Waals surface area contributed by atoms with Crippen molar-refractivity contribution in [3.63, 3.8) is 0 Å². The quantitative estimate of drug-likeness (QED) is 0.816. The number of carbonyl (C=O) groups excluding carboxylic acids is 1. The third kappa shape index (κ3) is 3.43. The van der Waals surface area contributed by atoms with Gasteiger partial charge in [-0.15, -0.1) is 0 Å². The molecule has 0 saturated carbocycles. The predicted molar refractivity (Wildman–Crippen MR) is 90.6 cm³/mol.